The van der Waals surface area contributed by atoms with Crippen LogP contribution in [0.5, 0.6) is 5.75 Å². The molecule has 1 aromatic carbocycles. The number of aldehydes is 1. The smallest absolute Gasteiger partial charge is 0.150 e. The number of dihydropyridines is 1. The second kappa shape index (κ2) is 10.7. The van der Waals surface area contributed by atoms with E-state index < -0.39 is 0 Å². The number of allylic oxidation sites excluding steroid dienone is 3. The standard InChI is InChI=1S/C22H26N2O4/c23-8-10-26-11-12-27-13-14-28-20-4-1-17(2-5-20)18-3-6-22-21(15-18)19(16-25)7-9-24-22/h1-5,7,9,15-16,22H,6,8,10-14,23H2. The quantitative estimate of drug-likeness (QED) is 0.469. The SMILES string of the molecule is NCCOCCOCCOc1ccc(C2=CCC3N=CC=C(C=O)C3=C2)cc1. The molecule has 1 aromatic rings. The Morgan fingerprint density at radius 2 is 1.82 bits per heavy atom. The van der Waals surface area contributed by atoms with Crippen LogP contribution < -0.4 is 10.5 Å². The summed E-state index contributed by atoms with van der Waals surface area (Å²) in [5, 5.41) is 0. The maximum Gasteiger partial charge on any atom is 0.150 e. The molecule has 0 spiro atoms. The molecule has 0 bridgehead atoms. The third-order valence-corrected chi connectivity index (χ3v) is 4.53. The molecule has 1 aliphatic carbocycles. The Labute approximate surface area is 165 Å². The summed E-state index contributed by atoms with van der Waals surface area (Å²) >= 11 is 0. The van der Waals surface area contributed by atoms with Gasteiger partial charge in [0.25, 0.3) is 0 Å². The molecule has 0 amide bonds. The first-order chi connectivity index (χ1) is 13.8. The lowest BCUT2D eigenvalue weighted by Gasteiger charge is -2.23. The lowest BCUT2D eigenvalue weighted by molar-refractivity contribution is -0.104. The molecule has 28 heavy (non-hydrogen) atoms. The lowest BCUT2D eigenvalue weighted by atomic mass is 9.86. The second-order valence-electron chi connectivity index (χ2n) is 6.43. The van der Waals surface area contributed by atoms with Gasteiger partial charge in [0.05, 0.1) is 32.5 Å². The number of benzene rings is 1. The number of hydrogen-bond donors (Lipinski definition) is 1. The van der Waals surface area contributed by atoms with Gasteiger partial charge in [-0.3, -0.25) is 9.79 Å². The van der Waals surface area contributed by atoms with Crippen LogP contribution in [0.25, 0.3) is 5.57 Å². The Balaban J connectivity index is 1.48. The second-order valence-corrected chi connectivity index (χ2v) is 6.43. The molecule has 0 radical (unpaired) electrons. The predicted octanol–water partition coefficient (Wildman–Crippen LogP) is 2.35. The summed E-state index contributed by atoms with van der Waals surface area (Å²) in [5.74, 6) is 0.796. The number of hydrogen-bond acceptors (Lipinski definition) is 6. The monoisotopic (exact) mass is 382 g/mol. The number of nitrogens with two attached hydrogens (primary N) is 1. The van der Waals surface area contributed by atoms with Gasteiger partial charge >= 0.3 is 0 Å². The van der Waals surface area contributed by atoms with Gasteiger partial charge in [-0.15, -0.1) is 0 Å². The van der Waals surface area contributed by atoms with Gasteiger partial charge in [-0.1, -0.05) is 18.2 Å². The highest BCUT2D eigenvalue weighted by Crippen LogP contribution is 2.32. The van der Waals surface area contributed by atoms with E-state index in [2.05, 4.69) is 17.1 Å². The average Bonchev–Trinajstić information content (AvgIpc) is 2.75. The molecule has 0 aromatic heterocycles. The van der Waals surface area contributed by atoms with Gasteiger partial charge in [-0.2, -0.15) is 0 Å². The molecule has 0 saturated heterocycles. The van der Waals surface area contributed by atoms with E-state index in [1.807, 2.05) is 24.3 Å². The molecule has 1 aliphatic heterocycles. The molecular weight excluding hydrogens is 356 g/mol. The molecule has 0 saturated carbocycles. The van der Waals surface area contributed by atoms with Gasteiger partial charge < -0.3 is 19.9 Å². The number of rotatable bonds is 11. The number of carbonyl (C=O) groups is 1. The van der Waals surface area contributed by atoms with Crippen LogP contribution in [0, 0.1) is 0 Å². The molecule has 148 valence electrons. The minimum atomic E-state index is 0.0530. The van der Waals surface area contributed by atoms with Crippen molar-refractivity contribution in [3.8, 4) is 5.75 Å². The summed E-state index contributed by atoms with van der Waals surface area (Å²) in [5.41, 5.74) is 9.23. The third-order valence-electron chi connectivity index (χ3n) is 4.53. The lowest BCUT2D eigenvalue weighted by Crippen LogP contribution is -2.17. The molecule has 6 heteroatoms. The molecule has 1 unspecified atom stereocenters. The summed E-state index contributed by atoms with van der Waals surface area (Å²) < 4.78 is 16.4. The van der Waals surface area contributed by atoms with E-state index >= 15 is 0 Å². The number of fused-ring (bicyclic) bond motifs is 1. The zero-order chi connectivity index (χ0) is 19.6. The topological polar surface area (TPSA) is 83.1 Å². The maximum absolute atomic E-state index is 11.3. The van der Waals surface area contributed by atoms with E-state index in [9.17, 15) is 4.79 Å². The summed E-state index contributed by atoms with van der Waals surface area (Å²) in [6, 6.07) is 7.99. The van der Waals surface area contributed by atoms with Crippen molar-refractivity contribution < 1.29 is 19.0 Å². The van der Waals surface area contributed by atoms with E-state index in [4.69, 9.17) is 19.9 Å². The molecule has 2 N–H and O–H groups in total. The minimum Gasteiger partial charge on any atom is -0.491 e. The summed E-state index contributed by atoms with van der Waals surface area (Å²) in [6.45, 7) is 3.15. The molecule has 6 nitrogen and oxygen atoms in total. The molecule has 0 fully saturated rings. The summed E-state index contributed by atoms with van der Waals surface area (Å²) in [6.07, 6.45) is 9.40. The Morgan fingerprint density at radius 1 is 1.07 bits per heavy atom. The molecule has 1 atom stereocenters. The van der Waals surface area contributed by atoms with E-state index in [0.29, 0.717) is 45.2 Å². The predicted molar refractivity (Wildman–Crippen MR) is 110 cm³/mol. The van der Waals surface area contributed by atoms with Crippen LogP contribution in [-0.4, -0.2) is 58.1 Å². The van der Waals surface area contributed by atoms with Crippen LogP contribution >= 0.6 is 0 Å². The molecular formula is C22H26N2O4. The van der Waals surface area contributed by atoms with Crippen molar-refractivity contribution in [3.63, 3.8) is 0 Å². The number of carbonyl (C=O) groups excluding carboxylic acids is 1. The zero-order valence-corrected chi connectivity index (χ0v) is 15.9. The highest BCUT2D eigenvalue weighted by molar-refractivity contribution is 5.93. The van der Waals surface area contributed by atoms with Gasteiger partial charge in [-0.25, -0.2) is 0 Å². The fourth-order valence-electron chi connectivity index (χ4n) is 3.10. The summed E-state index contributed by atoms with van der Waals surface area (Å²) in [4.78, 5) is 15.7. The zero-order valence-electron chi connectivity index (χ0n) is 15.9. The van der Waals surface area contributed by atoms with Crippen molar-refractivity contribution in [1.82, 2.24) is 0 Å². The molecule has 1 heterocycles. The van der Waals surface area contributed by atoms with E-state index in [1.54, 1.807) is 12.3 Å². The van der Waals surface area contributed by atoms with Crippen LogP contribution in [0.3, 0.4) is 0 Å². The van der Waals surface area contributed by atoms with E-state index in [-0.39, 0.29) is 6.04 Å². The largest absolute Gasteiger partial charge is 0.491 e. The Hall–Kier alpha value is -2.54. The van der Waals surface area contributed by atoms with Gasteiger partial charge in [0.2, 0.25) is 0 Å². The highest BCUT2D eigenvalue weighted by atomic mass is 16.5. The minimum absolute atomic E-state index is 0.0530. The van der Waals surface area contributed by atoms with Crippen LogP contribution in [-0.2, 0) is 14.3 Å². The van der Waals surface area contributed by atoms with Crippen molar-refractivity contribution in [1.29, 1.82) is 0 Å². The fraction of sp³-hybridized carbons (Fsp3) is 0.364. The summed E-state index contributed by atoms with van der Waals surface area (Å²) in [7, 11) is 0. The van der Waals surface area contributed by atoms with Crippen LogP contribution in [0.2, 0.25) is 0 Å². The van der Waals surface area contributed by atoms with E-state index in [0.717, 1.165) is 35.2 Å². The van der Waals surface area contributed by atoms with E-state index in [1.165, 1.54) is 0 Å². The number of ether oxygens (including phenoxy) is 3. The molecule has 3 rings (SSSR count). The first-order valence-electron chi connectivity index (χ1n) is 9.51. The van der Waals surface area contributed by atoms with Crippen molar-refractivity contribution >= 4 is 18.1 Å². The van der Waals surface area contributed by atoms with Crippen LogP contribution in [0.15, 0.2) is 58.6 Å². The van der Waals surface area contributed by atoms with Crippen LogP contribution in [0.1, 0.15) is 12.0 Å². The Bertz CT molecular complexity index is 778. The number of nitrogens with zero attached hydrogens (tertiary/aromatic N) is 1. The first kappa shape index (κ1) is 20.2. The van der Waals surface area contributed by atoms with Crippen molar-refractivity contribution in [3.05, 3.63) is 59.2 Å². The highest BCUT2D eigenvalue weighted by Gasteiger charge is 2.22. The first-order valence-corrected chi connectivity index (χ1v) is 9.51. The van der Waals surface area contributed by atoms with Gasteiger partial charge in [0.1, 0.15) is 18.6 Å². The normalized spacial score (nSPS) is 18.0. The fourth-order valence-corrected chi connectivity index (χ4v) is 3.10. The van der Waals surface area contributed by atoms with Crippen LogP contribution in [0.4, 0.5) is 0 Å². The van der Waals surface area contributed by atoms with Crippen molar-refractivity contribution in [2.45, 2.75) is 12.5 Å². The van der Waals surface area contributed by atoms with Gasteiger partial charge in [0, 0.05) is 18.3 Å². The van der Waals surface area contributed by atoms with Crippen molar-refractivity contribution in [2.75, 3.05) is 39.6 Å². The van der Waals surface area contributed by atoms with Gasteiger partial charge in [-0.05, 0) is 47.4 Å². The average molecular weight is 382 g/mol. The molecule has 2 aliphatic rings. The van der Waals surface area contributed by atoms with Crippen molar-refractivity contribution in [2.24, 2.45) is 10.7 Å². The maximum atomic E-state index is 11.3. The third kappa shape index (κ3) is 5.48. The number of aliphatic imine (C=N–C) groups is 1. The Morgan fingerprint density at radius 3 is 2.57 bits per heavy atom. The van der Waals surface area contributed by atoms with Gasteiger partial charge in [0.15, 0.2) is 0 Å². The Kier molecular flexibility index (Phi) is 7.72.